The lowest BCUT2D eigenvalue weighted by molar-refractivity contribution is -0.138. The molecule has 1 heterocycles. The largest absolute Gasteiger partial charge is 0.492 e. The Morgan fingerprint density at radius 3 is 2.55 bits per heavy atom. The number of nitrogens with zero attached hydrogens (tertiary/aromatic N) is 1. The number of ether oxygens (including phenoxy) is 1. The number of allylic oxidation sites excluding steroid dienone is 1. The predicted octanol–water partition coefficient (Wildman–Crippen LogP) is 5.80. The van der Waals surface area contributed by atoms with Crippen molar-refractivity contribution < 1.29 is 23.8 Å². The zero-order valence-electron chi connectivity index (χ0n) is 19.0. The molecule has 0 aliphatic carbocycles. The van der Waals surface area contributed by atoms with Gasteiger partial charge in [0.25, 0.3) is 0 Å². The molecule has 1 atom stereocenters. The number of hydrogen-bond acceptors (Lipinski definition) is 3. The van der Waals surface area contributed by atoms with Crippen molar-refractivity contribution in [2.45, 2.75) is 65.7 Å². The molecular formula is C24H33ClFNO4. The first kappa shape index (κ1) is 25.2. The molecule has 0 saturated carbocycles. The van der Waals surface area contributed by atoms with Crippen LogP contribution in [0.3, 0.4) is 0 Å². The molecule has 5 nitrogen and oxygen atoms in total. The fraction of sp³-hybridized carbons (Fsp3) is 0.583. The van der Waals surface area contributed by atoms with E-state index in [1.54, 1.807) is 18.3 Å². The summed E-state index contributed by atoms with van der Waals surface area (Å²) in [5.41, 5.74) is 0.369. The molecule has 31 heavy (non-hydrogen) atoms. The van der Waals surface area contributed by atoms with Gasteiger partial charge in [-0.1, -0.05) is 52.3 Å². The van der Waals surface area contributed by atoms with Crippen molar-refractivity contribution in [1.82, 2.24) is 4.90 Å². The first-order valence-corrected chi connectivity index (χ1v) is 11.2. The third kappa shape index (κ3) is 6.22. The van der Waals surface area contributed by atoms with E-state index < -0.39 is 17.2 Å². The van der Waals surface area contributed by atoms with E-state index in [0.717, 1.165) is 12.0 Å². The number of carbonyl (C=O) groups excluding carboxylic acids is 1. The van der Waals surface area contributed by atoms with E-state index >= 15 is 4.39 Å². The number of rotatable bonds is 10. The van der Waals surface area contributed by atoms with Crippen LogP contribution in [0.5, 0.6) is 5.75 Å². The van der Waals surface area contributed by atoms with Crippen molar-refractivity contribution in [3.8, 4) is 5.75 Å². The van der Waals surface area contributed by atoms with Gasteiger partial charge >= 0.3 is 5.97 Å². The number of amides is 1. The molecule has 0 bridgehead atoms. The third-order valence-corrected chi connectivity index (χ3v) is 5.99. The standard InChI is InChI=1S/C24H33ClFNO4/c1-15(2)9-11-31-19-7-6-18(23(26)22(19)25)24(5)13-20(28)27(10-8-21(29)30)14-17(24)12-16(3)4/h6-7,14-16H,8-13H2,1-5H3,(H,29,30)/t24-/m1/s1. The molecule has 1 N–H and O–H groups in total. The van der Waals surface area contributed by atoms with Crippen LogP contribution in [0.1, 0.15) is 65.9 Å². The summed E-state index contributed by atoms with van der Waals surface area (Å²) < 4.78 is 21.1. The van der Waals surface area contributed by atoms with Crippen LogP contribution in [0.25, 0.3) is 0 Å². The number of benzene rings is 1. The maximum Gasteiger partial charge on any atom is 0.305 e. The molecule has 7 heteroatoms. The van der Waals surface area contributed by atoms with Crippen LogP contribution in [-0.2, 0) is 15.0 Å². The lowest BCUT2D eigenvalue weighted by atomic mass is 9.69. The highest BCUT2D eigenvalue weighted by Gasteiger charge is 2.41. The Morgan fingerprint density at radius 2 is 1.97 bits per heavy atom. The Hall–Kier alpha value is -2.08. The zero-order chi connectivity index (χ0) is 23.3. The minimum Gasteiger partial charge on any atom is -0.492 e. The van der Waals surface area contributed by atoms with Gasteiger partial charge in [0.1, 0.15) is 16.6 Å². The van der Waals surface area contributed by atoms with Crippen LogP contribution in [0.15, 0.2) is 23.9 Å². The Morgan fingerprint density at radius 1 is 1.29 bits per heavy atom. The Balaban J connectivity index is 2.41. The highest BCUT2D eigenvalue weighted by atomic mass is 35.5. The van der Waals surface area contributed by atoms with E-state index in [-0.39, 0.29) is 36.2 Å². The number of aliphatic carboxylic acids is 1. The van der Waals surface area contributed by atoms with Crippen LogP contribution in [0, 0.1) is 17.7 Å². The maximum absolute atomic E-state index is 15.4. The number of carboxylic acids is 1. The number of halogens is 2. The molecule has 172 valence electrons. The van der Waals surface area contributed by atoms with Crippen molar-refractivity contribution in [3.05, 3.63) is 40.3 Å². The average Bonchev–Trinajstić information content (AvgIpc) is 2.65. The summed E-state index contributed by atoms with van der Waals surface area (Å²) in [4.78, 5) is 25.2. The molecule has 1 aliphatic heterocycles. The zero-order valence-corrected chi connectivity index (χ0v) is 19.8. The van der Waals surface area contributed by atoms with Gasteiger partial charge in [-0.25, -0.2) is 4.39 Å². The van der Waals surface area contributed by atoms with Gasteiger partial charge in [-0.05, 0) is 36.3 Å². The van der Waals surface area contributed by atoms with Gasteiger partial charge in [-0.3, -0.25) is 9.59 Å². The van der Waals surface area contributed by atoms with Crippen LogP contribution < -0.4 is 4.74 Å². The summed E-state index contributed by atoms with van der Waals surface area (Å²) in [6.07, 6.45) is 3.09. The van der Waals surface area contributed by atoms with Crippen molar-refractivity contribution >= 4 is 23.5 Å². The molecule has 1 aromatic rings. The summed E-state index contributed by atoms with van der Waals surface area (Å²) in [7, 11) is 0. The van der Waals surface area contributed by atoms with Crippen molar-refractivity contribution in [2.24, 2.45) is 11.8 Å². The quantitative estimate of drug-likeness (QED) is 0.486. The number of carboxylic acid groups (broad SMARTS) is 1. The Labute approximate surface area is 189 Å². The molecule has 1 aliphatic rings. The fourth-order valence-electron chi connectivity index (χ4n) is 3.79. The van der Waals surface area contributed by atoms with Crippen molar-refractivity contribution in [2.75, 3.05) is 13.2 Å². The van der Waals surface area contributed by atoms with E-state index in [1.807, 2.05) is 20.8 Å². The molecular weight excluding hydrogens is 421 g/mol. The van der Waals surface area contributed by atoms with Gasteiger partial charge in [-0.2, -0.15) is 0 Å². The molecule has 0 fully saturated rings. The maximum atomic E-state index is 15.4. The smallest absolute Gasteiger partial charge is 0.305 e. The topological polar surface area (TPSA) is 66.8 Å². The average molecular weight is 454 g/mol. The van der Waals surface area contributed by atoms with Crippen LogP contribution in [-0.4, -0.2) is 35.0 Å². The summed E-state index contributed by atoms with van der Waals surface area (Å²) in [6.45, 7) is 10.7. The van der Waals surface area contributed by atoms with Gasteiger partial charge in [0.15, 0.2) is 0 Å². The molecule has 0 spiro atoms. The molecule has 1 amide bonds. The van der Waals surface area contributed by atoms with Gasteiger partial charge in [0, 0.05) is 30.1 Å². The highest BCUT2D eigenvalue weighted by Crippen LogP contribution is 2.45. The second-order valence-corrected chi connectivity index (χ2v) is 9.64. The second kappa shape index (κ2) is 10.5. The predicted molar refractivity (Wildman–Crippen MR) is 120 cm³/mol. The number of hydrogen-bond donors (Lipinski definition) is 1. The van der Waals surface area contributed by atoms with Crippen LogP contribution >= 0.6 is 11.6 Å². The highest BCUT2D eigenvalue weighted by molar-refractivity contribution is 6.32. The molecule has 1 aromatic carbocycles. The molecule has 0 radical (unpaired) electrons. The van der Waals surface area contributed by atoms with E-state index in [9.17, 15) is 9.59 Å². The Bertz CT molecular complexity index is 852. The van der Waals surface area contributed by atoms with Gasteiger partial charge in [-0.15, -0.1) is 0 Å². The number of carbonyl (C=O) groups is 2. The molecule has 2 rings (SSSR count). The van der Waals surface area contributed by atoms with E-state index in [2.05, 4.69) is 13.8 Å². The molecule has 0 aromatic heterocycles. The molecule has 0 unspecified atom stereocenters. The Kier molecular flexibility index (Phi) is 8.52. The van der Waals surface area contributed by atoms with Crippen LogP contribution in [0.4, 0.5) is 4.39 Å². The fourth-order valence-corrected chi connectivity index (χ4v) is 4.00. The second-order valence-electron chi connectivity index (χ2n) is 9.26. The minimum atomic E-state index is -0.967. The van der Waals surface area contributed by atoms with E-state index in [1.165, 1.54) is 4.90 Å². The summed E-state index contributed by atoms with van der Waals surface area (Å²) >= 11 is 6.32. The van der Waals surface area contributed by atoms with Crippen molar-refractivity contribution in [3.63, 3.8) is 0 Å². The van der Waals surface area contributed by atoms with Gasteiger partial charge < -0.3 is 14.7 Å². The summed E-state index contributed by atoms with van der Waals surface area (Å²) in [5.74, 6) is -0.741. The van der Waals surface area contributed by atoms with Gasteiger partial charge in [0.2, 0.25) is 5.91 Å². The first-order valence-electron chi connectivity index (χ1n) is 10.8. The van der Waals surface area contributed by atoms with Crippen LogP contribution in [0.2, 0.25) is 5.02 Å². The lowest BCUT2D eigenvalue weighted by Gasteiger charge is -2.40. The lowest BCUT2D eigenvalue weighted by Crippen LogP contribution is -2.42. The minimum absolute atomic E-state index is 0.0476. The summed E-state index contributed by atoms with van der Waals surface area (Å²) in [5, 5.41) is 8.90. The monoisotopic (exact) mass is 453 g/mol. The first-order chi connectivity index (χ1) is 14.5. The molecule has 0 saturated heterocycles. The van der Waals surface area contributed by atoms with E-state index in [0.29, 0.717) is 30.3 Å². The SMILES string of the molecule is CC(C)CCOc1ccc([C@]2(C)CC(=O)N(CCC(=O)O)C=C2CC(C)C)c(F)c1Cl. The van der Waals surface area contributed by atoms with Crippen molar-refractivity contribution in [1.29, 1.82) is 0 Å². The summed E-state index contributed by atoms with van der Waals surface area (Å²) in [6, 6.07) is 3.32. The van der Waals surface area contributed by atoms with Gasteiger partial charge in [0.05, 0.1) is 13.0 Å². The third-order valence-electron chi connectivity index (χ3n) is 5.63. The van der Waals surface area contributed by atoms with E-state index in [4.69, 9.17) is 21.4 Å². The normalized spacial score (nSPS) is 19.2.